The molecule has 2 fully saturated rings. The number of nitrogens with zero attached hydrogens (tertiary/aromatic N) is 4. The summed E-state index contributed by atoms with van der Waals surface area (Å²) in [6, 6.07) is 0.657. The number of piperidine rings is 1. The van der Waals surface area contributed by atoms with Gasteiger partial charge in [-0.15, -0.1) is 0 Å². The van der Waals surface area contributed by atoms with E-state index in [1.54, 1.807) is 11.9 Å². The third-order valence-corrected chi connectivity index (χ3v) is 9.89. The number of hydrogen-bond acceptors (Lipinski definition) is 4. The Balaban J connectivity index is 1.45. The molecule has 2 saturated heterocycles. The standard InChI is InChI=1S/C32H46FN5O/c1-21(2)36(6)31(39)28-16-27(33)7-11-32(28,5)38-20-26(30-22(3)17-35-18-29(30)38)15-24-10-14-37(19-24)23(4)25-8-12-34-13-9-25/h7,11,16-18,20-21,23-25,28,34H,8-10,12-15,19H2,1-6H3/t23-,24-,28?,32?/m0/s1. The molecule has 6 nitrogen and oxygen atoms in total. The molecule has 0 aromatic carbocycles. The molecule has 4 heterocycles. The fourth-order valence-electron chi connectivity index (χ4n) is 7.09. The summed E-state index contributed by atoms with van der Waals surface area (Å²) in [5.74, 6) is 0.298. The quantitative estimate of drug-likeness (QED) is 0.528. The Morgan fingerprint density at radius 1 is 1.23 bits per heavy atom. The summed E-state index contributed by atoms with van der Waals surface area (Å²) in [6.07, 6.45) is 15.7. The second-order valence-electron chi connectivity index (χ2n) is 12.7. The lowest BCUT2D eigenvalue weighted by atomic mass is 9.80. The third kappa shape index (κ3) is 5.32. The zero-order valence-corrected chi connectivity index (χ0v) is 24.6. The summed E-state index contributed by atoms with van der Waals surface area (Å²) in [7, 11) is 1.80. The number of aryl methyl sites for hydroxylation is 1. The molecule has 7 heteroatoms. The normalized spacial score (nSPS) is 27.3. The minimum atomic E-state index is -0.743. The molecule has 0 saturated carbocycles. The SMILES string of the molecule is Cc1cncc2c1c(C[C@@H]1CCN([C@@H](C)C3CCNCC3)C1)cn2C1(C)C=CC(F)=CC1C(=O)N(C)C(C)C. The van der Waals surface area contributed by atoms with Gasteiger partial charge in [0, 0.05) is 43.5 Å². The van der Waals surface area contributed by atoms with Crippen LogP contribution in [0.25, 0.3) is 10.9 Å². The van der Waals surface area contributed by atoms with Gasteiger partial charge in [0.15, 0.2) is 0 Å². The molecule has 2 aromatic heterocycles. The number of carbonyl (C=O) groups excluding carboxylic acids is 1. The molecule has 4 atom stereocenters. The van der Waals surface area contributed by atoms with Gasteiger partial charge in [-0.25, -0.2) is 4.39 Å². The number of carbonyl (C=O) groups is 1. The molecule has 2 aliphatic heterocycles. The maximum atomic E-state index is 14.6. The summed E-state index contributed by atoms with van der Waals surface area (Å²) < 4.78 is 16.8. The van der Waals surface area contributed by atoms with Crippen LogP contribution in [-0.2, 0) is 16.8 Å². The van der Waals surface area contributed by atoms with Gasteiger partial charge in [-0.05, 0) is 115 Å². The molecular formula is C32H46FN5O. The van der Waals surface area contributed by atoms with Gasteiger partial charge in [0.25, 0.3) is 0 Å². The predicted octanol–water partition coefficient (Wildman–Crippen LogP) is 5.22. The van der Waals surface area contributed by atoms with E-state index < -0.39 is 11.5 Å². The van der Waals surface area contributed by atoms with Crippen LogP contribution in [0.4, 0.5) is 4.39 Å². The molecule has 1 N–H and O–H groups in total. The molecule has 0 spiro atoms. The van der Waals surface area contributed by atoms with Crippen molar-refractivity contribution in [3.05, 3.63) is 53.8 Å². The zero-order chi connectivity index (χ0) is 27.9. The third-order valence-electron chi connectivity index (χ3n) is 9.89. The van der Waals surface area contributed by atoms with Crippen molar-refractivity contribution in [3.8, 4) is 0 Å². The van der Waals surface area contributed by atoms with Gasteiger partial charge in [0.2, 0.25) is 5.91 Å². The summed E-state index contributed by atoms with van der Waals surface area (Å²) in [5, 5.41) is 4.73. The molecule has 1 amide bonds. The lowest BCUT2D eigenvalue weighted by Crippen LogP contribution is -2.48. The van der Waals surface area contributed by atoms with Crippen molar-refractivity contribution >= 4 is 16.8 Å². The summed E-state index contributed by atoms with van der Waals surface area (Å²) in [5.41, 5.74) is 2.72. The minimum absolute atomic E-state index is 0.0302. The van der Waals surface area contributed by atoms with E-state index in [1.165, 1.54) is 42.4 Å². The van der Waals surface area contributed by atoms with E-state index >= 15 is 0 Å². The minimum Gasteiger partial charge on any atom is -0.343 e. The molecule has 3 aliphatic rings. The van der Waals surface area contributed by atoms with Gasteiger partial charge in [-0.2, -0.15) is 0 Å². The average Bonchev–Trinajstić information content (AvgIpc) is 3.55. The first-order valence-corrected chi connectivity index (χ1v) is 14.8. The maximum Gasteiger partial charge on any atom is 0.232 e. The first-order valence-electron chi connectivity index (χ1n) is 14.8. The molecular weight excluding hydrogens is 489 g/mol. The number of nitrogens with one attached hydrogen (secondary N) is 1. The lowest BCUT2D eigenvalue weighted by molar-refractivity contribution is -0.136. The van der Waals surface area contributed by atoms with Crippen LogP contribution >= 0.6 is 0 Å². The fraction of sp³-hybridized carbons (Fsp3) is 0.625. The summed E-state index contributed by atoms with van der Waals surface area (Å²) in [6.45, 7) is 15.1. The Morgan fingerprint density at radius 2 is 1.97 bits per heavy atom. The number of aromatic nitrogens is 2. The monoisotopic (exact) mass is 535 g/mol. The first kappa shape index (κ1) is 28.0. The van der Waals surface area contributed by atoms with E-state index in [1.807, 2.05) is 39.2 Å². The fourth-order valence-corrected chi connectivity index (χ4v) is 7.09. The Hall–Kier alpha value is -2.51. The molecule has 39 heavy (non-hydrogen) atoms. The van der Waals surface area contributed by atoms with E-state index in [4.69, 9.17) is 0 Å². The van der Waals surface area contributed by atoms with Crippen LogP contribution in [-0.4, -0.2) is 70.6 Å². The van der Waals surface area contributed by atoms with Crippen molar-refractivity contribution in [2.24, 2.45) is 17.8 Å². The summed E-state index contributed by atoms with van der Waals surface area (Å²) in [4.78, 5) is 22.6. The molecule has 212 valence electrons. The summed E-state index contributed by atoms with van der Waals surface area (Å²) >= 11 is 0. The van der Waals surface area contributed by atoms with Crippen LogP contribution in [0.2, 0.25) is 0 Å². The number of hydrogen-bond donors (Lipinski definition) is 1. The van der Waals surface area contributed by atoms with Gasteiger partial charge in [-0.3, -0.25) is 9.78 Å². The highest BCUT2D eigenvalue weighted by molar-refractivity contribution is 5.88. The van der Waals surface area contributed by atoms with E-state index in [-0.39, 0.29) is 17.8 Å². The van der Waals surface area contributed by atoms with Crippen molar-refractivity contribution in [3.63, 3.8) is 0 Å². The predicted molar refractivity (Wildman–Crippen MR) is 156 cm³/mol. The van der Waals surface area contributed by atoms with E-state index in [0.29, 0.717) is 12.0 Å². The van der Waals surface area contributed by atoms with Gasteiger partial charge < -0.3 is 19.7 Å². The lowest BCUT2D eigenvalue weighted by Gasteiger charge is -2.39. The highest BCUT2D eigenvalue weighted by Crippen LogP contribution is 2.41. The molecule has 0 bridgehead atoms. The maximum absolute atomic E-state index is 14.6. The van der Waals surface area contributed by atoms with Crippen molar-refractivity contribution in [2.75, 3.05) is 33.2 Å². The number of halogens is 1. The number of fused-ring (bicyclic) bond motifs is 1. The second-order valence-corrected chi connectivity index (χ2v) is 12.7. The largest absolute Gasteiger partial charge is 0.343 e. The molecule has 2 unspecified atom stereocenters. The topological polar surface area (TPSA) is 53.4 Å². The van der Waals surface area contributed by atoms with Crippen LogP contribution in [0.3, 0.4) is 0 Å². The van der Waals surface area contributed by atoms with Crippen LogP contribution in [0.5, 0.6) is 0 Å². The second kappa shape index (κ2) is 11.2. The van der Waals surface area contributed by atoms with Gasteiger partial charge in [0.1, 0.15) is 5.83 Å². The number of allylic oxidation sites excluding steroid dienone is 3. The molecule has 1 aliphatic carbocycles. The van der Waals surface area contributed by atoms with Crippen LogP contribution in [0.15, 0.2) is 42.6 Å². The van der Waals surface area contributed by atoms with Gasteiger partial charge >= 0.3 is 0 Å². The van der Waals surface area contributed by atoms with Crippen molar-refractivity contribution in [1.29, 1.82) is 0 Å². The zero-order valence-electron chi connectivity index (χ0n) is 24.6. The highest BCUT2D eigenvalue weighted by atomic mass is 19.1. The van der Waals surface area contributed by atoms with Gasteiger partial charge in [-0.1, -0.05) is 6.08 Å². The van der Waals surface area contributed by atoms with Crippen LogP contribution < -0.4 is 5.32 Å². The molecule has 0 radical (unpaired) electrons. The van der Waals surface area contributed by atoms with Crippen LogP contribution in [0, 0.1) is 24.7 Å². The number of amides is 1. The number of pyridine rings is 1. The van der Waals surface area contributed by atoms with Crippen LogP contribution in [0.1, 0.15) is 58.1 Å². The molecule has 2 aromatic rings. The van der Waals surface area contributed by atoms with Crippen molar-refractivity contribution in [2.45, 2.75) is 77.9 Å². The highest BCUT2D eigenvalue weighted by Gasteiger charge is 2.42. The first-order chi connectivity index (χ1) is 18.6. The van der Waals surface area contributed by atoms with Gasteiger partial charge in [0.05, 0.1) is 23.2 Å². The van der Waals surface area contributed by atoms with E-state index in [9.17, 15) is 9.18 Å². The Kier molecular flexibility index (Phi) is 8.03. The Labute approximate surface area is 233 Å². The average molecular weight is 536 g/mol. The Morgan fingerprint density at radius 3 is 2.69 bits per heavy atom. The molecule has 5 rings (SSSR count). The smallest absolute Gasteiger partial charge is 0.232 e. The van der Waals surface area contributed by atoms with E-state index in [0.717, 1.165) is 49.6 Å². The number of rotatable bonds is 7. The van der Waals surface area contributed by atoms with E-state index in [2.05, 4.69) is 39.8 Å². The van der Waals surface area contributed by atoms with Crippen molar-refractivity contribution in [1.82, 2.24) is 24.7 Å². The number of likely N-dealkylation sites (tertiary alicyclic amines) is 1. The van der Waals surface area contributed by atoms with Crippen molar-refractivity contribution < 1.29 is 9.18 Å². The Bertz CT molecular complexity index is 1260.